The molecule has 0 spiro atoms. The third-order valence-electron chi connectivity index (χ3n) is 4.46. The lowest BCUT2D eigenvalue weighted by molar-refractivity contribution is -0.130. The third kappa shape index (κ3) is 3.46. The maximum absolute atomic E-state index is 14.0. The number of amides is 1. The van der Waals surface area contributed by atoms with E-state index >= 15 is 0 Å². The Morgan fingerprint density at radius 2 is 1.96 bits per heavy atom. The van der Waals surface area contributed by atoms with Gasteiger partial charge in [-0.05, 0) is 29.7 Å². The van der Waals surface area contributed by atoms with Gasteiger partial charge in [0, 0.05) is 38.2 Å². The lowest BCUT2D eigenvalue weighted by Gasteiger charge is -2.26. The van der Waals surface area contributed by atoms with Crippen LogP contribution in [0.25, 0.3) is 11.1 Å². The number of carbonyl (C=O) groups excluding carboxylic acids is 1. The van der Waals surface area contributed by atoms with Crippen molar-refractivity contribution in [3.8, 4) is 11.1 Å². The average Bonchev–Trinajstić information content (AvgIpc) is 2.58. The number of hydrogen-bond acceptors (Lipinski definition) is 2. The van der Waals surface area contributed by atoms with Crippen LogP contribution in [0.1, 0.15) is 24.4 Å². The smallest absolute Gasteiger partial charge is 0.222 e. The minimum atomic E-state index is -0.851. The van der Waals surface area contributed by atoms with E-state index in [2.05, 4.69) is 5.32 Å². The van der Waals surface area contributed by atoms with Gasteiger partial charge in [0.25, 0.3) is 0 Å². The van der Waals surface area contributed by atoms with Crippen LogP contribution < -0.4 is 5.32 Å². The highest BCUT2D eigenvalue weighted by molar-refractivity contribution is 5.76. The maximum Gasteiger partial charge on any atom is 0.222 e. The summed E-state index contributed by atoms with van der Waals surface area (Å²) in [6, 6.07) is 11.6. The first-order chi connectivity index (χ1) is 11.6. The van der Waals surface area contributed by atoms with E-state index < -0.39 is 11.6 Å². The molecule has 24 heavy (non-hydrogen) atoms. The lowest BCUT2D eigenvalue weighted by atomic mass is 9.96. The van der Waals surface area contributed by atoms with Crippen LogP contribution in [0.5, 0.6) is 0 Å². The quantitative estimate of drug-likeness (QED) is 0.914. The largest absolute Gasteiger partial charge is 0.344 e. The van der Waals surface area contributed by atoms with Crippen LogP contribution in [0.2, 0.25) is 0 Å². The highest BCUT2D eigenvalue weighted by Gasteiger charge is 2.19. The first-order valence-corrected chi connectivity index (χ1v) is 8.08. The van der Waals surface area contributed by atoms with Crippen LogP contribution in [0.3, 0.4) is 0 Å². The fourth-order valence-electron chi connectivity index (χ4n) is 3.03. The van der Waals surface area contributed by atoms with E-state index in [9.17, 15) is 13.6 Å². The highest BCUT2D eigenvalue weighted by Crippen LogP contribution is 2.28. The third-order valence-corrected chi connectivity index (χ3v) is 4.46. The molecular formula is C19H20F2N2O. The molecule has 3 rings (SSSR count). The lowest BCUT2D eigenvalue weighted by Crippen LogP contribution is -2.38. The molecule has 0 radical (unpaired) electrons. The summed E-state index contributed by atoms with van der Waals surface area (Å²) in [4.78, 5) is 13.6. The summed E-state index contributed by atoms with van der Waals surface area (Å²) in [5.41, 5.74) is 1.86. The van der Waals surface area contributed by atoms with Gasteiger partial charge in [0.1, 0.15) is 0 Å². The second kappa shape index (κ2) is 7.09. The number of nitrogens with one attached hydrogen (secondary N) is 1. The average molecular weight is 330 g/mol. The van der Waals surface area contributed by atoms with Crippen molar-refractivity contribution in [2.45, 2.75) is 18.9 Å². The van der Waals surface area contributed by atoms with Crippen molar-refractivity contribution in [3.63, 3.8) is 0 Å². The molecule has 126 valence electrons. The van der Waals surface area contributed by atoms with Gasteiger partial charge < -0.3 is 10.2 Å². The molecule has 0 bridgehead atoms. The fraction of sp³-hybridized carbons (Fsp3) is 0.316. The molecule has 2 aromatic rings. The summed E-state index contributed by atoms with van der Waals surface area (Å²) in [6.45, 7) is 1.36. The van der Waals surface area contributed by atoms with Crippen LogP contribution in [0.15, 0.2) is 42.5 Å². The monoisotopic (exact) mass is 330 g/mol. The molecule has 1 amide bonds. The van der Waals surface area contributed by atoms with Gasteiger partial charge in [-0.25, -0.2) is 8.78 Å². The molecular weight excluding hydrogens is 310 g/mol. The van der Waals surface area contributed by atoms with Crippen LogP contribution in [-0.2, 0) is 4.79 Å². The van der Waals surface area contributed by atoms with E-state index in [-0.39, 0.29) is 17.5 Å². The van der Waals surface area contributed by atoms with Gasteiger partial charge in [-0.3, -0.25) is 4.79 Å². The van der Waals surface area contributed by atoms with Gasteiger partial charge in [0.05, 0.1) is 0 Å². The van der Waals surface area contributed by atoms with E-state index in [1.54, 1.807) is 24.1 Å². The Kier molecular flexibility index (Phi) is 4.90. The Balaban J connectivity index is 1.87. The van der Waals surface area contributed by atoms with E-state index in [1.807, 2.05) is 18.2 Å². The molecule has 0 aromatic heterocycles. The second-order valence-electron chi connectivity index (χ2n) is 6.09. The summed E-state index contributed by atoms with van der Waals surface area (Å²) < 4.78 is 27.5. The first-order valence-electron chi connectivity index (χ1n) is 8.08. The second-order valence-corrected chi connectivity index (χ2v) is 6.09. The Hall–Kier alpha value is -2.27. The van der Waals surface area contributed by atoms with Crippen molar-refractivity contribution < 1.29 is 13.6 Å². The van der Waals surface area contributed by atoms with E-state index in [0.717, 1.165) is 11.6 Å². The number of halogens is 2. The number of hydrogen-bond donors (Lipinski definition) is 1. The molecule has 0 saturated carbocycles. The summed E-state index contributed by atoms with van der Waals surface area (Å²) in [6.07, 6.45) is 1.14. The molecule has 1 aliphatic heterocycles. The Morgan fingerprint density at radius 1 is 1.17 bits per heavy atom. The minimum absolute atomic E-state index is 0.0271. The van der Waals surface area contributed by atoms with Crippen LogP contribution in [0.4, 0.5) is 8.78 Å². The summed E-state index contributed by atoms with van der Waals surface area (Å²) in [5.74, 6) is -1.55. The normalized spacial score (nSPS) is 19.0. The molecule has 1 N–H and O–H groups in total. The fourth-order valence-corrected chi connectivity index (χ4v) is 3.03. The van der Waals surface area contributed by atoms with Gasteiger partial charge >= 0.3 is 0 Å². The predicted octanol–water partition coefficient (Wildman–Crippen LogP) is 3.51. The predicted molar refractivity (Wildman–Crippen MR) is 89.4 cm³/mol. The molecule has 0 unspecified atom stereocenters. The van der Waals surface area contributed by atoms with Gasteiger partial charge in [0.15, 0.2) is 11.6 Å². The van der Waals surface area contributed by atoms with Gasteiger partial charge in [-0.15, -0.1) is 0 Å². The molecule has 1 heterocycles. The SMILES string of the molecule is CN1CCN[C@@H](c2cccc(-c3cccc(F)c3F)c2)CCC1=O. The molecule has 5 heteroatoms. The summed E-state index contributed by atoms with van der Waals surface area (Å²) in [7, 11) is 1.80. The van der Waals surface area contributed by atoms with Crippen LogP contribution in [-0.4, -0.2) is 30.9 Å². The highest BCUT2D eigenvalue weighted by atomic mass is 19.2. The van der Waals surface area contributed by atoms with Crippen molar-refractivity contribution in [3.05, 3.63) is 59.7 Å². The molecule has 3 nitrogen and oxygen atoms in total. The van der Waals surface area contributed by atoms with E-state index in [1.165, 1.54) is 6.07 Å². The number of rotatable bonds is 2. The Morgan fingerprint density at radius 3 is 2.79 bits per heavy atom. The maximum atomic E-state index is 14.0. The number of carbonyl (C=O) groups is 1. The zero-order valence-electron chi connectivity index (χ0n) is 13.6. The van der Waals surface area contributed by atoms with Crippen molar-refractivity contribution in [2.24, 2.45) is 0 Å². The minimum Gasteiger partial charge on any atom is -0.344 e. The Bertz CT molecular complexity index is 748. The van der Waals surface area contributed by atoms with E-state index in [0.29, 0.717) is 31.5 Å². The summed E-state index contributed by atoms with van der Waals surface area (Å²) >= 11 is 0. The van der Waals surface area contributed by atoms with Gasteiger partial charge in [0.2, 0.25) is 5.91 Å². The molecule has 1 fully saturated rings. The zero-order chi connectivity index (χ0) is 17.1. The van der Waals surface area contributed by atoms with Crippen molar-refractivity contribution in [1.29, 1.82) is 0 Å². The van der Waals surface area contributed by atoms with Gasteiger partial charge in [-0.1, -0.05) is 30.3 Å². The topological polar surface area (TPSA) is 32.3 Å². The van der Waals surface area contributed by atoms with Crippen LogP contribution in [0, 0.1) is 11.6 Å². The van der Waals surface area contributed by atoms with Crippen LogP contribution >= 0.6 is 0 Å². The number of benzene rings is 2. The number of likely N-dealkylation sites (N-methyl/N-ethyl adjacent to an activating group) is 1. The molecule has 2 aromatic carbocycles. The van der Waals surface area contributed by atoms with Gasteiger partial charge in [-0.2, -0.15) is 0 Å². The molecule has 1 atom stereocenters. The van der Waals surface area contributed by atoms with Crippen molar-refractivity contribution >= 4 is 5.91 Å². The zero-order valence-corrected chi connectivity index (χ0v) is 13.6. The van der Waals surface area contributed by atoms with E-state index in [4.69, 9.17) is 0 Å². The number of nitrogens with zero attached hydrogens (tertiary/aromatic N) is 1. The van der Waals surface area contributed by atoms with Crippen molar-refractivity contribution in [2.75, 3.05) is 20.1 Å². The Labute approximate surface area is 140 Å². The molecule has 1 saturated heterocycles. The summed E-state index contributed by atoms with van der Waals surface area (Å²) in [5, 5.41) is 3.43. The molecule has 0 aliphatic carbocycles. The standard InChI is InChI=1S/C19H20F2N2O/c1-23-11-10-22-17(8-9-18(23)24)14-5-2-4-13(12-14)15-6-3-7-16(20)19(15)21/h2-7,12,17,22H,8-11H2,1H3/t17-/m1/s1. The first kappa shape index (κ1) is 16.6. The van der Waals surface area contributed by atoms with Crippen molar-refractivity contribution in [1.82, 2.24) is 10.2 Å². The molecule has 1 aliphatic rings.